The van der Waals surface area contributed by atoms with E-state index in [1.54, 1.807) is 0 Å². The van der Waals surface area contributed by atoms with Crippen molar-refractivity contribution in [2.45, 2.75) is 46.4 Å². The largest absolute Gasteiger partial charge is 0.312 e. The Kier molecular flexibility index (Phi) is 7.16. The van der Waals surface area contributed by atoms with Crippen molar-refractivity contribution < 1.29 is 0 Å². The molecular formula is C13H24N2S2. The highest BCUT2D eigenvalue weighted by Crippen LogP contribution is 2.22. The molecule has 2 nitrogen and oxygen atoms in total. The highest BCUT2D eigenvalue weighted by atomic mass is 32.2. The summed E-state index contributed by atoms with van der Waals surface area (Å²) >= 11 is 3.85. The van der Waals surface area contributed by atoms with Crippen LogP contribution in [0.5, 0.6) is 0 Å². The van der Waals surface area contributed by atoms with Crippen LogP contribution in [0.4, 0.5) is 0 Å². The lowest BCUT2D eigenvalue weighted by atomic mass is 10.2. The molecule has 0 aliphatic rings. The van der Waals surface area contributed by atoms with Crippen molar-refractivity contribution in [1.29, 1.82) is 0 Å². The van der Waals surface area contributed by atoms with Crippen molar-refractivity contribution in [1.82, 2.24) is 10.3 Å². The maximum absolute atomic E-state index is 4.64. The molecule has 0 atom stereocenters. The van der Waals surface area contributed by atoms with Crippen LogP contribution in [0.1, 0.15) is 42.8 Å². The standard InChI is InChI=1S/C13H24N2S2/c1-5-6-16-9-13-15-11(4)12(17-13)8-14-7-10(2)3/h10,14H,5-9H2,1-4H3. The SMILES string of the molecule is CCCSCc1nc(C)c(CNCC(C)C)s1. The fraction of sp³-hybridized carbons (Fsp3) is 0.769. The van der Waals surface area contributed by atoms with E-state index in [-0.39, 0.29) is 0 Å². The number of thioether (sulfide) groups is 1. The zero-order valence-electron chi connectivity index (χ0n) is 11.4. The van der Waals surface area contributed by atoms with Gasteiger partial charge < -0.3 is 5.32 Å². The number of rotatable bonds is 8. The van der Waals surface area contributed by atoms with Crippen LogP contribution in [0, 0.1) is 12.8 Å². The van der Waals surface area contributed by atoms with Gasteiger partial charge in [0.2, 0.25) is 0 Å². The van der Waals surface area contributed by atoms with Crippen molar-refractivity contribution in [3.05, 3.63) is 15.6 Å². The third-order valence-corrected chi connectivity index (χ3v) is 4.86. The van der Waals surface area contributed by atoms with Crippen molar-refractivity contribution in [3.8, 4) is 0 Å². The first-order valence-corrected chi connectivity index (χ1v) is 8.34. The molecular weight excluding hydrogens is 248 g/mol. The lowest BCUT2D eigenvalue weighted by Crippen LogP contribution is -2.18. The van der Waals surface area contributed by atoms with Gasteiger partial charge in [-0.2, -0.15) is 11.8 Å². The Hall–Kier alpha value is -0.0600. The second-order valence-electron chi connectivity index (χ2n) is 4.69. The predicted octanol–water partition coefficient (Wildman–Crippen LogP) is 3.84. The minimum atomic E-state index is 0.711. The van der Waals surface area contributed by atoms with Crippen LogP contribution in [0.15, 0.2) is 0 Å². The summed E-state index contributed by atoms with van der Waals surface area (Å²) in [6, 6.07) is 0. The van der Waals surface area contributed by atoms with Gasteiger partial charge in [-0.05, 0) is 31.6 Å². The molecule has 0 fully saturated rings. The number of thiazole rings is 1. The molecule has 98 valence electrons. The molecule has 0 saturated carbocycles. The molecule has 0 unspecified atom stereocenters. The van der Waals surface area contributed by atoms with Crippen molar-refractivity contribution >= 4 is 23.1 Å². The molecule has 0 aliphatic heterocycles. The molecule has 1 rings (SSSR count). The molecule has 0 saturated heterocycles. The fourth-order valence-corrected chi connectivity index (χ4v) is 3.48. The van der Waals surface area contributed by atoms with Crippen molar-refractivity contribution in [2.24, 2.45) is 5.92 Å². The second kappa shape index (κ2) is 8.11. The Morgan fingerprint density at radius 3 is 2.82 bits per heavy atom. The molecule has 0 bridgehead atoms. The number of nitrogens with one attached hydrogen (secondary N) is 1. The molecule has 0 amide bonds. The molecule has 0 spiro atoms. The van der Waals surface area contributed by atoms with E-state index in [0.717, 1.165) is 18.8 Å². The van der Waals surface area contributed by atoms with Gasteiger partial charge in [0.25, 0.3) is 0 Å². The van der Waals surface area contributed by atoms with Gasteiger partial charge in [0.15, 0.2) is 0 Å². The smallest absolute Gasteiger partial charge is 0.103 e. The summed E-state index contributed by atoms with van der Waals surface area (Å²) in [5, 5.41) is 4.77. The van der Waals surface area contributed by atoms with E-state index < -0.39 is 0 Å². The van der Waals surface area contributed by atoms with Gasteiger partial charge in [-0.25, -0.2) is 4.98 Å². The van der Waals surface area contributed by atoms with Crippen LogP contribution in [0.2, 0.25) is 0 Å². The Morgan fingerprint density at radius 2 is 2.18 bits per heavy atom. The van der Waals surface area contributed by atoms with E-state index in [1.165, 1.54) is 27.8 Å². The van der Waals surface area contributed by atoms with E-state index in [1.807, 2.05) is 23.1 Å². The Morgan fingerprint density at radius 1 is 1.41 bits per heavy atom. The lowest BCUT2D eigenvalue weighted by molar-refractivity contribution is 0.554. The number of hydrogen-bond donors (Lipinski definition) is 1. The van der Waals surface area contributed by atoms with Crippen LogP contribution in [0.25, 0.3) is 0 Å². The van der Waals surface area contributed by atoms with Crippen LogP contribution in [0.3, 0.4) is 0 Å². The number of aryl methyl sites for hydroxylation is 1. The summed E-state index contributed by atoms with van der Waals surface area (Å²) in [5.74, 6) is 3.02. The van der Waals surface area contributed by atoms with Crippen molar-refractivity contribution in [3.63, 3.8) is 0 Å². The minimum Gasteiger partial charge on any atom is -0.312 e. The van der Waals surface area contributed by atoms with Gasteiger partial charge in [0, 0.05) is 17.2 Å². The number of nitrogens with zero attached hydrogens (tertiary/aromatic N) is 1. The maximum atomic E-state index is 4.64. The van der Waals surface area contributed by atoms with Crippen LogP contribution >= 0.6 is 23.1 Å². The normalized spacial score (nSPS) is 11.4. The van der Waals surface area contributed by atoms with Crippen LogP contribution < -0.4 is 5.32 Å². The average molecular weight is 272 g/mol. The van der Waals surface area contributed by atoms with Gasteiger partial charge in [0.05, 0.1) is 5.69 Å². The first kappa shape index (κ1) is 15.0. The van der Waals surface area contributed by atoms with Crippen molar-refractivity contribution in [2.75, 3.05) is 12.3 Å². The van der Waals surface area contributed by atoms with Gasteiger partial charge in [-0.15, -0.1) is 11.3 Å². The third kappa shape index (κ3) is 5.89. The Bertz CT molecular complexity index is 321. The Balaban J connectivity index is 2.39. The molecule has 1 N–H and O–H groups in total. The van der Waals surface area contributed by atoms with E-state index >= 15 is 0 Å². The summed E-state index contributed by atoms with van der Waals surface area (Å²) < 4.78 is 0. The first-order valence-electron chi connectivity index (χ1n) is 6.37. The zero-order chi connectivity index (χ0) is 12.7. The van der Waals surface area contributed by atoms with Gasteiger partial charge in [-0.1, -0.05) is 20.8 Å². The van der Waals surface area contributed by atoms with Crippen LogP contribution in [-0.2, 0) is 12.3 Å². The molecule has 0 radical (unpaired) electrons. The summed E-state index contributed by atoms with van der Waals surface area (Å²) in [7, 11) is 0. The highest BCUT2D eigenvalue weighted by Gasteiger charge is 2.07. The molecule has 4 heteroatoms. The molecule has 0 aliphatic carbocycles. The molecule has 1 aromatic heterocycles. The van der Waals surface area contributed by atoms with E-state index in [2.05, 4.69) is 38.0 Å². The molecule has 1 heterocycles. The summed E-state index contributed by atoms with van der Waals surface area (Å²) in [4.78, 5) is 6.04. The van der Waals surface area contributed by atoms with E-state index in [4.69, 9.17) is 0 Å². The quantitative estimate of drug-likeness (QED) is 0.728. The monoisotopic (exact) mass is 272 g/mol. The number of aromatic nitrogens is 1. The van der Waals surface area contributed by atoms with E-state index in [9.17, 15) is 0 Å². The average Bonchev–Trinajstić information content (AvgIpc) is 2.60. The summed E-state index contributed by atoms with van der Waals surface area (Å²) in [5.41, 5.74) is 1.21. The predicted molar refractivity (Wildman–Crippen MR) is 79.8 cm³/mol. The van der Waals surface area contributed by atoms with Crippen LogP contribution in [-0.4, -0.2) is 17.3 Å². The fourth-order valence-electron chi connectivity index (χ4n) is 1.49. The molecule has 17 heavy (non-hydrogen) atoms. The number of hydrogen-bond acceptors (Lipinski definition) is 4. The summed E-state index contributed by atoms with van der Waals surface area (Å²) in [6.07, 6.45) is 1.25. The highest BCUT2D eigenvalue weighted by molar-refractivity contribution is 7.98. The minimum absolute atomic E-state index is 0.711. The second-order valence-corrected chi connectivity index (χ2v) is 6.97. The van der Waals surface area contributed by atoms with Gasteiger partial charge in [-0.3, -0.25) is 0 Å². The van der Waals surface area contributed by atoms with E-state index in [0.29, 0.717) is 5.92 Å². The summed E-state index contributed by atoms with van der Waals surface area (Å²) in [6.45, 7) is 10.9. The maximum Gasteiger partial charge on any atom is 0.103 e. The Labute approximate surface area is 114 Å². The van der Waals surface area contributed by atoms with Gasteiger partial charge in [0.1, 0.15) is 5.01 Å². The third-order valence-electron chi connectivity index (χ3n) is 2.35. The molecule has 1 aromatic rings. The zero-order valence-corrected chi connectivity index (χ0v) is 13.0. The first-order chi connectivity index (χ1) is 8.13. The molecule has 0 aromatic carbocycles. The topological polar surface area (TPSA) is 24.9 Å². The lowest BCUT2D eigenvalue weighted by Gasteiger charge is -2.05. The van der Waals surface area contributed by atoms with Gasteiger partial charge >= 0.3 is 0 Å².